The summed E-state index contributed by atoms with van der Waals surface area (Å²) in [6.07, 6.45) is 4.31. The number of aromatic nitrogens is 2. The van der Waals surface area contributed by atoms with Gasteiger partial charge in [-0.2, -0.15) is 5.10 Å². The first-order chi connectivity index (χ1) is 12.5. The van der Waals surface area contributed by atoms with E-state index in [0.717, 1.165) is 24.4 Å². The van der Waals surface area contributed by atoms with Gasteiger partial charge in [0, 0.05) is 32.0 Å². The Kier molecular flexibility index (Phi) is 5.20. The Balaban J connectivity index is 1.79. The standard InChI is InChI=1S/C20H28N4O2/c1-5-16(24-12-8-11-21-24)19(25)22-13-14-23(20(2,3)15-22)17-9-6-7-10-18(17)26-4/h6-12,16H,5,13-15H2,1-4H3. The molecule has 1 aliphatic heterocycles. The number of carbonyl (C=O) groups is 1. The van der Waals surface area contributed by atoms with Crippen molar-refractivity contribution in [3.05, 3.63) is 42.7 Å². The second kappa shape index (κ2) is 7.40. The fourth-order valence-electron chi connectivity index (χ4n) is 3.79. The lowest BCUT2D eigenvalue weighted by molar-refractivity contribution is -0.136. The smallest absolute Gasteiger partial charge is 0.247 e. The lowest BCUT2D eigenvalue weighted by Crippen LogP contribution is -2.61. The second-order valence-electron chi connectivity index (χ2n) is 7.31. The van der Waals surface area contributed by atoms with Crippen molar-refractivity contribution in [1.29, 1.82) is 0 Å². The molecule has 1 amide bonds. The Labute approximate surface area is 155 Å². The van der Waals surface area contributed by atoms with E-state index in [9.17, 15) is 4.79 Å². The Hall–Kier alpha value is -2.50. The van der Waals surface area contributed by atoms with Crippen molar-refractivity contribution in [1.82, 2.24) is 14.7 Å². The second-order valence-corrected chi connectivity index (χ2v) is 7.31. The largest absolute Gasteiger partial charge is 0.495 e. The molecule has 6 heteroatoms. The highest BCUT2D eigenvalue weighted by Gasteiger charge is 2.38. The van der Waals surface area contributed by atoms with Crippen LogP contribution in [-0.2, 0) is 4.79 Å². The van der Waals surface area contributed by atoms with E-state index in [-0.39, 0.29) is 17.5 Å². The fourth-order valence-corrected chi connectivity index (χ4v) is 3.79. The summed E-state index contributed by atoms with van der Waals surface area (Å²) in [5, 5.41) is 4.27. The number of hydrogen-bond donors (Lipinski definition) is 0. The van der Waals surface area contributed by atoms with Gasteiger partial charge in [-0.05, 0) is 38.5 Å². The molecule has 0 radical (unpaired) electrons. The van der Waals surface area contributed by atoms with Crippen molar-refractivity contribution in [3.63, 3.8) is 0 Å². The molecule has 0 N–H and O–H groups in total. The normalized spacial score (nSPS) is 17.8. The number of para-hydroxylation sites is 2. The van der Waals surface area contributed by atoms with Gasteiger partial charge < -0.3 is 14.5 Å². The van der Waals surface area contributed by atoms with Crippen LogP contribution in [0.5, 0.6) is 5.75 Å². The van der Waals surface area contributed by atoms with Crippen molar-refractivity contribution in [2.75, 3.05) is 31.6 Å². The zero-order valence-corrected chi connectivity index (χ0v) is 16.1. The van der Waals surface area contributed by atoms with Crippen molar-refractivity contribution >= 4 is 11.6 Å². The molecule has 140 valence electrons. The van der Waals surface area contributed by atoms with Crippen LogP contribution in [0.4, 0.5) is 5.69 Å². The van der Waals surface area contributed by atoms with E-state index in [4.69, 9.17) is 4.74 Å². The van der Waals surface area contributed by atoms with Crippen LogP contribution in [0, 0.1) is 0 Å². The Morgan fingerprint density at radius 1 is 1.27 bits per heavy atom. The average molecular weight is 356 g/mol. The topological polar surface area (TPSA) is 50.6 Å². The van der Waals surface area contributed by atoms with E-state index in [2.05, 4.69) is 29.9 Å². The lowest BCUT2D eigenvalue weighted by Gasteiger charge is -2.49. The van der Waals surface area contributed by atoms with Gasteiger partial charge >= 0.3 is 0 Å². The van der Waals surface area contributed by atoms with Crippen LogP contribution in [0.2, 0.25) is 0 Å². The summed E-state index contributed by atoms with van der Waals surface area (Å²) in [4.78, 5) is 17.4. The highest BCUT2D eigenvalue weighted by Crippen LogP contribution is 2.35. The van der Waals surface area contributed by atoms with Gasteiger partial charge in [-0.25, -0.2) is 0 Å². The maximum atomic E-state index is 13.1. The first kappa shape index (κ1) is 18.3. The molecule has 1 atom stereocenters. The molecule has 0 spiro atoms. The molecule has 26 heavy (non-hydrogen) atoms. The summed E-state index contributed by atoms with van der Waals surface area (Å²) in [7, 11) is 1.70. The monoisotopic (exact) mass is 356 g/mol. The number of amides is 1. The molecule has 0 aliphatic carbocycles. The summed E-state index contributed by atoms with van der Waals surface area (Å²) in [6, 6.07) is 9.68. The highest BCUT2D eigenvalue weighted by atomic mass is 16.5. The lowest BCUT2D eigenvalue weighted by atomic mass is 9.96. The van der Waals surface area contributed by atoms with Crippen molar-refractivity contribution in [2.45, 2.75) is 38.8 Å². The molecule has 1 fully saturated rings. The van der Waals surface area contributed by atoms with Gasteiger partial charge in [-0.15, -0.1) is 0 Å². The third-order valence-corrected chi connectivity index (χ3v) is 5.11. The molecule has 1 aromatic heterocycles. The van der Waals surface area contributed by atoms with E-state index in [1.165, 1.54) is 0 Å². The summed E-state index contributed by atoms with van der Waals surface area (Å²) < 4.78 is 7.30. The van der Waals surface area contributed by atoms with Gasteiger partial charge in [0.05, 0.1) is 18.3 Å². The Morgan fingerprint density at radius 3 is 2.65 bits per heavy atom. The molecule has 1 saturated heterocycles. The fraction of sp³-hybridized carbons (Fsp3) is 0.500. The minimum Gasteiger partial charge on any atom is -0.495 e. The third kappa shape index (κ3) is 3.41. The van der Waals surface area contributed by atoms with E-state index < -0.39 is 0 Å². The van der Waals surface area contributed by atoms with E-state index in [1.54, 1.807) is 18.0 Å². The number of benzene rings is 1. The minimum atomic E-state index is -0.237. The number of anilines is 1. The summed E-state index contributed by atoms with van der Waals surface area (Å²) in [6.45, 7) is 8.51. The minimum absolute atomic E-state index is 0.143. The van der Waals surface area contributed by atoms with E-state index in [0.29, 0.717) is 13.1 Å². The van der Waals surface area contributed by atoms with Crippen LogP contribution < -0.4 is 9.64 Å². The van der Waals surface area contributed by atoms with Gasteiger partial charge in [0.15, 0.2) is 0 Å². The first-order valence-electron chi connectivity index (χ1n) is 9.16. The summed E-state index contributed by atoms with van der Waals surface area (Å²) in [5.41, 5.74) is 0.886. The maximum Gasteiger partial charge on any atom is 0.247 e. The van der Waals surface area contributed by atoms with Crippen LogP contribution >= 0.6 is 0 Å². The van der Waals surface area contributed by atoms with E-state index in [1.807, 2.05) is 42.3 Å². The number of rotatable bonds is 5. The number of piperazine rings is 1. The number of methoxy groups -OCH3 is 1. The average Bonchev–Trinajstić information content (AvgIpc) is 3.15. The molecule has 1 aromatic carbocycles. The third-order valence-electron chi connectivity index (χ3n) is 5.11. The molecule has 0 bridgehead atoms. The van der Waals surface area contributed by atoms with Crippen LogP contribution in [0.1, 0.15) is 33.2 Å². The molecule has 1 aliphatic rings. The Morgan fingerprint density at radius 2 is 2.04 bits per heavy atom. The van der Waals surface area contributed by atoms with Crippen molar-refractivity contribution < 1.29 is 9.53 Å². The predicted octanol–water partition coefficient (Wildman–Crippen LogP) is 2.97. The van der Waals surface area contributed by atoms with E-state index >= 15 is 0 Å². The number of carbonyl (C=O) groups excluding carboxylic acids is 1. The summed E-state index contributed by atoms with van der Waals surface area (Å²) in [5.74, 6) is 1.01. The number of hydrogen-bond acceptors (Lipinski definition) is 4. The molecular formula is C20H28N4O2. The molecule has 6 nitrogen and oxygen atoms in total. The molecule has 0 saturated carbocycles. The number of ether oxygens (including phenoxy) is 1. The van der Waals surface area contributed by atoms with Crippen LogP contribution in [0.3, 0.4) is 0 Å². The molecule has 3 rings (SSSR count). The molecule has 2 heterocycles. The summed E-state index contributed by atoms with van der Waals surface area (Å²) >= 11 is 0. The highest BCUT2D eigenvalue weighted by molar-refractivity contribution is 5.81. The Bertz CT molecular complexity index is 742. The zero-order valence-electron chi connectivity index (χ0n) is 16.1. The zero-order chi connectivity index (χ0) is 18.7. The van der Waals surface area contributed by atoms with Crippen LogP contribution in [0.25, 0.3) is 0 Å². The van der Waals surface area contributed by atoms with Crippen molar-refractivity contribution in [3.8, 4) is 5.75 Å². The SMILES string of the molecule is CCC(C(=O)N1CCN(c2ccccc2OC)C(C)(C)C1)n1cccn1. The number of nitrogens with zero attached hydrogens (tertiary/aromatic N) is 4. The first-order valence-corrected chi connectivity index (χ1v) is 9.16. The van der Waals surface area contributed by atoms with Crippen LogP contribution in [0.15, 0.2) is 42.7 Å². The predicted molar refractivity (Wildman–Crippen MR) is 103 cm³/mol. The molecular weight excluding hydrogens is 328 g/mol. The van der Waals surface area contributed by atoms with Gasteiger partial charge in [0.25, 0.3) is 0 Å². The van der Waals surface area contributed by atoms with Gasteiger partial charge in [0.1, 0.15) is 11.8 Å². The van der Waals surface area contributed by atoms with Gasteiger partial charge in [-0.1, -0.05) is 19.1 Å². The van der Waals surface area contributed by atoms with Gasteiger partial charge in [0.2, 0.25) is 5.91 Å². The van der Waals surface area contributed by atoms with Crippen molar-refractivity contribution in [2.24, 2.45) is 0 Å². The maximum absolute atomic E-state index is 13.1. The quantitative estimate of drug-likeness (QED) is 0.826. The molecule has 2 aromatic rings. The molecule has 1 unspecified atom stereocenters. The van der Waals surface area contributed by atoms with Crippen LogP contribution in [-0.4, -0.2) is 52.9 Å². The van der Waals surface area contributed by atoms with Gasteiger partial charge in [-0.3, -0.25) is 9.48 Å².